The minimum Gasteiger partial charge on any atom is -0.345 e. The smallest absolute Gasteiger partial charge is 0.261 e. The number of anilines is 1. The molecule has 2 aromatic carbocycles. The third-order valence-corrected chi connectivity index (χ3v) is 5.15. The number of amides is 1. The largest absolute Gasteiger partial charge is 0.345 e. The molecule has 1 amide bonds. The normalized spacial score (nSPS) is 11.2. The number of carbonyl (C=O) groups is 1. The molecular weight excluding hydrogens is 348 g/mol. The van der Waals surface area contributed by atoms with E-state index in [4.69, 9.17) is 11.6 Å². The van der Waals surface area contributed by atoms with Crippen molar-refractivity contribution < 1.29 is 13.2 Å². The molecule has 0 atom stereocenters. The zero-order valence-electron chi connectivity index (χ0n) is 13.9. The summed E-state index contributed by atoms with van der Waals surface area (Å²) in [4.78, 5) is 13.4. The lowest BCUT2D eigenvalue weighted by atomic mass is 10.1. The fraction of sp³-hybridized carbons (Fsp3) is 0.235. The molecule has 0 radical (unpaired) electrons. The number of rotatable bonds is 4. The number of halogens is 1. The quantitative estimate of drug-likeness (QED) is 0.901. The molecule has 2 rings (SSSR count). The minimum absolute atomic E-state index is 0.0637. The molecule has 1 N–H and O–H groups in total. The van der Waals surface area contributed by atoms with Crippen LogP contribution in [0.1, 0.15) is 21.5 Å². The van der Waals surface area contributed by atoms with Gasteiger partial charge in [0.2, 0.25) is 0 Å². The molecule has 0 heterocycles. The summed E-state index contributed by atoms with van der Waals surface area (Å²) in [5.74, 6) is -0.190. The van der Waals surface area contributed by atoms with Gasteiger partial charge in [0.1, 0.15) is 0 Å². The molecule has 5 nitrogen and oxygen atoms in total. The molecule has 0 aromatic heterocycles. The lowest BCUT2D eigenvalue weighted by Crippen LogP contribution is -2.21. The van der Waals surface area contributed by atoms with Gasteiger partial charge in [-0.2, -0.15) is 0 Å². The highest BCUT2D eigenvalue weighted by atomic mass is 35.5. The van der Waals surface area contributed by atoms with Gasteiger partial charge in [-0.05, 0) is 55.3 Å². The van der Waals surface area contributed by atoms with Crippen LogP contribution in [0.3, 0.4) is 0 Å². The van der Waals surface area contributed by atoms with Crippen molar-refractivity contribution in [3.8, 4) is 0 Å². The summed E-state index contributed by atoms with van der Waals surface area (Å²) >= 11 is 6.15. The van der Waals surface area contributed by atoms with E-state index in [0.29, 0.717) is 16.3 Å². The summed E-state index contributed by atoms with van der Waals surface area (Å²) in [6.45, 7) is 3.67. The first-order valence-corrected chi connectivity index (χ1v) is 9.09. The molecule has 7 heteroatoms. The van der Waals surface area contributed by atoms with E-state index in [9.17, 15) is 13.2 Å². The van der Waals surface area contributed by atoms with Crippen molar-refractivity contribution in [3.63, 3.8) is 0 Å². The maximum Gasteiger partial charge on any atom is 0.261 e. The Hall–Kier alpha value is -2.05. The van der Waals surface area contributed by atoms with Gasteiger partial charge in [-0.15, -0.1) is 0 Å². The first-order valence-electron chi connectivity index (χ1n) is 7.23. The number of hydrogen-bond donors (Lipinski definition) is 1. The van der Waals surface area contributed by atoms with E-state index in [1.54, 1.807) is 27.1 Å². The summed E-state index contributed by atoms with van der Waals surface area (Å²) in [5, 5.41) is 0.343. The summed E-state index contributed by atoms with van der Waals surface area (Å²) < 4.78 is 27.6. The fourth-order valence-electron chi connectivity index (χ4n) is 2.27. The van der Waals surface area contributed by atoms with Gasteiger partial charge >= 0.3 is 0 Å². The fourth-order valence-corrected chi connectivity index (χ4v) is 3.85. The number of hydrogen-bond acceptors (Lipinski definition) is 3. The Bertz CT molecular complexity index is 852. The van der Waals surface area contributed by atoms with Crippen LogP contribution in [0.25, 0.3) is 0 Å². The number of nitrogens with zero attached hydrogens (tertiary/aromatic N) is 1. The number of carbonyl (C=O) groups excluding carboxylic acids is 1. The molecule has 0 unspecified atom stereocenters. The zero-order valence-corrected chi connectivity index (χ0v) is 15.5. The zero-order chi connectivity index (χ0) is 18.1. The van der Waals surface area contributed by atoms with Gasteiger partial charge < -0.3 is 4.90 Å². The van der Waals surface area contributed by atoms with Crippen LogP contribution in [0.5, 0.6) is 0 Å². The van der Waals surface area contributed by atoms with Crippen LogP contribution >= 0.6 is 11.6 Å². The Morgan fingerprint density at radius 1 is 1.08 bits per heavy atom. The molecule has 24 heavy (non-hydrogen) atoms. The second-order valence-corrected chi connectivity index (χ2v) is 7.86. The SMILES string of the molecule is Cc1cc(C)c(NS(=O)(=O)c2ccc(C(=O)N(C)C)cc2)c(Cl)c1. The van der Waals surface area contributed by atoms with Crippen LogP contribution in [-0.4, -0.2) is 33.3 Å². The van der Waals surface area contributed by atoms with E-state index in [2.05, 4.69) is 4.72 Å². The summed E-state index contributed by atoms with van der Waals surface area (Å²) in [7, 11) is -0.522. The summed E-state index contributed by atoms with van der Waals surface area (Å²) in [5.41, 5.74) is 2.47. The monoisotopic (exact) mass is 366 g/mol. The standard InChI is InChI=1S/C17H19ClN2O3S/c1-11-9-12(2)16(15(18)10-11)19-24(22,23)14-7-5-13(6-8-14)17(21)20(3)4/h5-10,19H,1-4H3. The molecule has 0 bridgehead atoms. The second-order valence-electron chi connectivity index (χ2n) is 5.77. The van der Waals surface area contributed by atoms with Crippen molar-refractivity contribution in [1.82, 2.24) is 4.90 Å². The van der Waals surface area contributed by atoms with Gasteiger partial charge in [-0.3, -0.25) is 9.52 Å². The van der Waals surface area contributed by atoms with E-state index < -0.39 is 10.0 Å². The van der Waals surface area contributed by atoms with Crippen LogP contribution < -0.4 is 4.72 Å². The van der Waals surface area contributed by atoms with Crippen LogP contribution in [-0.2, 0) is 10.0 Å². The van der Waals surface area contributed by atoms with Crippen molar-refractivity contribution >= 4 is 33.2 Å². The average Bonchev–Trinajstić information content (AvgIpc) is 2.50. The van der Waals surface area contributed by atoms with Gasteiger partial charge in [-0.1, -0.05) is 17.7 Å². The van der Waals surface area contributed by atoms with Crippen LogP contribution in [0.4, 0.5) is 5.69 Å². The number of nitrogens with one attached hydrogen (secondary N) is 1. The third kappa shape index (κ3) is 3.88. The van der Waals surface area contributed by atoms with E-state index in [0.717, 1.165) is 11.1 Å². The highest BCUT2D eigenvalue weighted by molar-refractivity contribution is 7.92. The number of aryl methyl sites for hydroxylation is 2. The van der Waals surface area contributed by atoms with Gasteiger partial charge in [0, 0.05) is 19.7 Å². The van der Waals surface area contributed by atoms with Gasteiger partial charge in [-0.25, -0.2) is 8.42 Å². The molecule has 128 valence electrons. The van der Waals surface area contributed by atoms with Crippen LogP contribution in [0.15, 0.2) is 41.3 Å². The number of sulfonamides is 1. The predicted octanol–water partition coefficient (Wildman–Crippen LogP) is 3.46. The summed E-state index contributed by atoms with van der Waals surface area (Å²) in [6.07, 6.45) is 0. The van der Waals surface area contributed by atoms with E-state index in [-0.39, 0.29) is 10.8 Å². The van der Waals surface area contributed by atoms with Crippen molar-refractivity contribution in [3.05, 3.63) is 58.1 Å². The Balaban J connectivity index is 2.33. The maximum absolute atomic E-state index is 12.5. The highest BCUT2D eigenvalue weighted by Crippen LogP contribution is 2.29. The summed E-state index contributed by atoms with van der Waals surface area (Å²) in [6, 6.07) is 9.32. The van der Waals surface area contributed by atoms with Gasteiger partial charge in [0.25, 0.3) is 15.9 Å². The molecule has 0 saturated carbocycles. The van der Waals surface area contributed by atoms with Crippen LogP contribution in [0.2, 0.25) is 5.02 Å². The molecule has 0 spiro atoms. The molecule has 2 aromatic rings. The Kier molecular flexibility index (Phi) is 5.20. The third-order valence-electron chi connectivity index (χ3n) is 3.49. The van der Waals surface area contributed by atoms with E-state index in [1.807, 2.05) is 13.0 Å². The topological polar surface area (TPSA) is 66.5 Å². The Morgan fingerprint density at radius 2 is 1.67 bits per heavy atom. The van der Waals surface area contributed by atoms with E-state index in [1.165, 1.54) is 29.2 Å². The number of benzene rings is 2. The van der Waals surface area contributed by atoms with Crippen molar-refractivity contribution in [2.24, 2.45) is 0 Å². The van der Waals surface area contributed by atoms with E-state index >= 15 is 0 Å². The Morgan fingerprint density at radius 3 is 2.17 bits per heavy atom. The minimum atomic E-state index is -3.79. The second kappa shape index (κ2) is 6.83. The van der Waals surface area contributed by atoms with Gasteiger partial charge in [0.15, 0.2) is 0 Å². The lowest BCUT2D eigenvalue weighted by Gasteiger charge is -2.14. The van der Waals surface area contributed by atoms with Gasteiger partial charge in [0.05, 0.1) is 15.6 Å². The molecular formula is C17H19ClN2O3S. The molecule has 0 saturated heterocycles. The first-order chi connectivity index (χ1) is 11.1. The highest BCUT2D eigenvalue weighted by Gasteiger charge is 2.18. The first kappa shape index (κ1) is 18.3. The molecule has 0 aliphatic rings. The lowest BCUT2D eigenvalue weighted by molar-refractivity contribution is 0.0827. The molecule has 0 aliphatic carbocycles. The Labute approximate surface area is 147 Å². The maximum atomic E-state index is 12.5. The molecule has 0 aliphatic heterocycles. The average molecular weight is 367 g/mol. The van der Waals surface area contributed by atoms with Crippen molar-refractivity contribution in [2.45, 2.75) is 18.7 Å². The molecule has 0 fully saturated rings. The van der Waals surface area contributed by atoms with Crippen molar-refractivity contribution in [2.75, 3.05) is 18.8 Å². The van der Waals surface area contributed by atoms with Crippen LogP contribution in [0, 0.1) is 13.8 Å². The van der Waals surface area contributed by atoms with Crippen molar-refractivity contribution in [1.29, 1.82) is 0 Å². The predicted molar refractivity (Wildman–Crippen MR) is 96.2 cm³/mol.